The molecule has 0 bridgehead atoms. The van der Waals surface area contributed by atoms with Crippen molar-refractivity contribution in [1.82, 2.24) is 5.32 Å². The second kappa shape index (κ2) is 5.79. The van der Waals surface area contributed by atoms with Crippen molar-refractivity contribution in [3.8, 4) is 0 Å². The van der Waals surface area contributed by atoms with Gasteiger partial charge in [0.2, 0.25) is 0 Å². The van der Waals surface area contributed by atoms with Gasteiger partial charge in [0.05, 0.1) is 6.26 Å². The van der Waals surface area contributed by atoms with E-state index in [0.717, 1.165) is 28.3 Å². The lowest BCUT2D eigenvalue weighted by molar-refractivity contribution is 0.512. The first-order valence-corrected chi connectivity index (χ1v) is 6.52. The Morgan fingerprint density at radius 3 is 2.67 bits per heavy atom. The molecule has 4 heteroatoms. The number of halogens is 2. The van der Waals surface area contributed by atoms with E-state index in [9.17, 15) is 0 Å². The molecule has 1 N–H and O–H groups in total. The van der Waals surface area contributed by atoms with Gasteiger partial charge in [0.15, 0.2) is 0 Å². The fourth-order valence-corrected chi connectivity index (χ4v) is 2.43. The molecule has 1 aromatic carbocycles. The summed E-state index contributed by atoms with van der Waals surface area (Å²) in [5, 5.41) is 4.72. The molecule has 1 unspecified atom stereocenters. The third-order valence-electron chi connectivity index (χ3n) is 3.05. The van der Waals surface area contributed by atoms with E-state index in [2.05, 4.69) is 5.32 Å². The molecule has 0 amide bonds. The topological polar surface area (TPSA) is 25.2 Å². The Morgan fingerprint density at radius 2 is 2.06 bits per heavy atom. The Labute approximate surface area is 117 Å². The molecule has 1 heterocycles. The van der Waals surface area contributed by atoms with Gasteiger partial charge in [-0.25, -0.2) is 0 Å². The minimum absolute atomic E-state index is 0.166. The third-order valence-corrected chi connectivity index (χ3v) is 3.66. The largest absolute Gasteiger partial charge is 0.469 e. The number of likely N-dealkylation sites (N-methyl/N-ethyl adjacent to an activating group) is 1. The number of nitrogens with one attached hydrogen (secondary N) is 1. The molecule has 2 nitrogen and oxygen atoms in total. The number of hydrogen-bond donors (Lipinski definition) is 1. The fourth-order valence-electron chi connectivity index (χ4n) is 2.04. The number of benzene rings is 1. The van der Waals surface area contributed by atoms with Crippen LogP contribution in [0.5, 0.6) is 0 Å². The molecule has 0 aliphatic carbocycles. The molecule has 0 fully saturated rings. The predicted octanol–water partition coefficient (Wildman–Crippen LogP) is 4.40. The first-order valence-electron chi connectivity index (χ1n) is 5.77. The van der Waals surface area contributed by atoms with Crippen LogP contribution in [0.25, 0.3) is 0 Å². The summed E-state index contributed by atoms with van der Waals surface area (Å²) >= 11 is 12.2. The van der Waals surface area contributed by atoms with Gasteiger partial charge in [-0.1, -0.05) is 23.2 Å². The van der Waals surface area contributed by atoms with Crippen molar-refractivity contribution in [2.75, 3.05) is 7.05 Å². The summed E-state index contributed by atoms with van der Waals surface area (Å²) in [6.45, 7) is 1.96. The molecule has 0 aliphatic heterocycles. The van der Waals surface area contributed by atoms with E-state index in [1.807, 2.05) is 32.2 Å². The van der Waals surface area contributed by atoms with Crippen molar-refractivity contribution in [3.05, 3.63) is 57.5 Å². The zero-order valence-corrected chi connectivity index (χ0v) is 11.8. The Balaban J connectivity index is 2.26. The van der Waals surface area contributed by atoms with Crippen molar-refractivity contribution in [1.29, 1.82) is 0 Å². The van der Waals surface area contributed by atoms with E-state index in [1.165, 1.54) is 0 Å². The SMILES string of the molecule is CNC(Cc1cc(Cl)ccc1Cl)c1ccoc1C. The summed E-state index contributed by atoms with van der Waals surface area (Å²) in [5.41, 5.74) is 2.18. The van der Waals surface area contributed by atoms with Crippen LogP contribution in [-0.2, 0) is 6.42 Å². The van der Waals surface area contributed by atoms with E-state index < -0.39 is 0 Å². The first kappa shape index (κ1) is 13.5. The maximum absolute atomic E-state index is 6.19. The predicted molar refractivity (Wildman–Crippen MR) is 75.4 cm³/mol. The molecular weight excluding hydrogens is 269 g/mol. The lowest BCUT2D eigenvalue weighted by Gasteiger charge is -2.16. The molecule has 2 aromatic rings. The maximum Gasteiger partial charge on any atom is 0.105 e. The van der Waals surface area contributed by atoms with Gasteiger partial charge in [0.25, 0.3) is 0 Å². The highest BCUT2D eigenvalue weighted by molar-refractivity contribution is 6.33. The molecule has 0 saturated heterocycles. The number of furan rings is 1. The zero-order chi connectivity index (χ0) is 13.1. The number of rotatable bonds is 4. The maximum atomic E-state index is 6.19. The summed E-state index contributed by atoms with van der Waals surface area (Å²) in [6.07, 6.45) is 2.48. The molecule has 0 radical (unpaired) electrons. The smallest absolute Gasteiger partial charge is 0.105 e. The molecule has 0 aliphatic rings. The second-order valence-corrected chi connectivity index (χ2v) is 5.06. The molecule has 0 spiro atoms. The van der Waals surface area contributed by atoms with E-state index in [0.29, 0.717) is 5.02 Å². The first-order chi connectivity index (χ1) is 8.61. The minimum atomic E-state index is 0.166. The van der Waals surface area contributed by atoms with Crippen molar-refractivity contribution < 1.29 is 4.42 Å². The van der Waals surface area contributed by atoms with E-state index in [-0.39, 0.29) is 6.04 Å². The van der Waals surface area contributed by atoms with Crippen LogP contribution in [0.2, 0.25) is 10.0 Å². The standard InChI is InChI=1S/C14H15Cl2NO/c1-9-12(5-6-18-9)14(17-2)8-10-7-11(15)3-4-13(10)16/h3-7,14,17H,8H2,1-2H3. The van der Waals surface area contributed by atoms with Crippen LogP contribution >= 0.6 is 23.2 Å². The summed E-state index contributed by atoms with van der Waals surface area (Å²) in [7, 11) is 1.93. The summed E-state index contributed by atoms with van der Waals surface area (Å²) in [5.74, 6) is 0.924. The average molecular weight is 284 g/mol. The lowest BCUT2D eigenvalue weighted by Crippen LogP contribution is -2.19. The van der Waals surface area contributed by atoms with Crippen LogP contribution in [-0.4, -0.2) is 7.05 Å². The second-order valence-electron chi connectivity index (χ2n) is 4.21. The van der Waals surface area contributed by atoms with Crippen LogP contribution in [0.4, 0.5) is 0 Å². The quantitative estimate of drug-likeness (QED) is 0.900. The molecule has 0 saturated carbocycles. The van der Waals surface area contributed by atoms with Gasteiger partial charge in [-0.2, -0.15) is 0 Å². The van der Waals surface area contributed by atoms with Crippen molar-refractivity contribution in [3.63, 3.8) is 0 Å². The number of hydrogen-bond acceptors (Lipinski definition) is 2. The van der Waals surface area contributed by atoms with Crippen LogP contribution in [0, 0.1) is 6.92 Å². The van der Waals surface area contributed by atoms with Crippen molar-refractivity contribution in [2.24, 2.45) is 0 Å². The highest BCUT2D eigenvalue weighted by Crippen LogP contribution is 2.27. The van der Waals surface area contributed by atoms with Gasteiger partial charge < -0.3 is 9.73 Å². The highest BCUT2D eigenvalue weighted by atomic mass is 35.5. The van der Waals surface area contributed by atoms with E-state index in [4.69, 9.17) is 27.6 Å². The summed E-state index contributed by atoms with van der Waals surface area (Å²) in [4.78, 5) is 0. The Morgan fingerprint density at radius 1 is 1.28 bits per heavy atom. The summed E-state index contributed by atoms with van der Waals surface area (Å²) < 4.78 is 5.34. The normalized spacial score (nSPS) is 12.7. The van der Waals surface area contributed by atoms with Gasteiger partial charge >= 0.3 is 0 Å². The van der Waals surface area contributed by atoms with Gasteiger partial charge in [0, 0.05) is 21.7 Å². The molecule has 1 atom stereocenters. The van der Waals surface area contributed by atoms with Gasteiger partial charge in [-0.3, -0.25) is 0 Å². The lowest BCUT2D eigenvalue weighted by atomic mass is 9.99. The molecule has 18 heavy (non-hydrogen) atoms. The molecular formula is C14H15Cl2NO. The zero-order valence-electron chi connectivity index (χ0n) is 10.3. The Bertz CT molecular complexity index is 536. The Kier molecular flexibility index (Phi) is 4.33. The van der Waals surface area contributed by atoms with Crippen molar-refractivity contribution >= 4 is 23.2 Å². The van der Waals surface area contributed by atoms with Crippen LogP contribution in [0.1, 0.15) is 22.9 Å². The third kappa shape index (κ3) is 2.89. The van der Waals surface area contributed by atoms with Crippen LogP contribution < -0.4 is 5.32 Å². The molecule has 1 aromatic heterocycles. The summed E-state index contributed by atoms with van der Waals surface area (Å²) in [6, 6.07) is 7.68. The van der Waals surface area contributed by atoms with Gasteiger partial charge in [-0.05, 0) is 50.2 Å². The van der Waals surface area contributed by atoms with Gasteiger partial charge in [0.1, 0.15) is 5.76 Å². The van der Waals surface area contributed by atoms with Gasteiger partial charge in [-0.15, -0.1) is 0 Å². The highest BCUT2D eigenvalue weighted by Gasteiger charge is 2.16. The Hall–Kier alpha value is -0.960. The van der Waals surface area contributed by atoms with E-state index >= 15 is 0 Å². The van der Waals surface area contributed by atoms with Crippen LogP contribution in [0.15, 0.2) is 34.9 Å². The monoisotopic (exact) mass is 283 g/mol. The average Bonchev–Trinajstić information content (AvgIpc) is 2.77. The molecule has 2 rings (SSSR count). The van der Waals surface area contributed by atoms with Crippen molar-refractivity contribution in [2.45, 2.75) is 19.4 Å². The minimum Gasteiger partial charge on any atom is -0.469 e. The van der Waals surface area contributed by atoms with Crippen LogP contribution in [0.3, 0.4) is 0 Å². The molecule has 96 valence electrons. The number of aryl methyl sites for hydroxylation is 1. The fraction of sp³-hybridized carbons (Fsp3) is 0.286. The van der Waals surface area contributed by atoms with E-state index in [1.54, 1.807) is 12.3 Å².